The molecule has 3 rings (SSSR count). The molecule has 21 heavy (non-hydrogen) atoms. The molecule has 8 heteroatoms. The van der Waals surface area contributed by atoms with E-state index in [1.165, 1.54) is 0 Å². The molecular formula is C13H16N6O2. The van der Waals surface area contributed by atoms with Gasteiger partial charge in [-0.3, -0.25) is 9.78 Å². The summed E-state index contributed by atoms with van der Waals surface area (Å²) in [6.07, 6.45) is 2.06. The number of hydrogen-bond acceptors (Lipinski definition) is 6. The van der Waals surface area contributed by atoms with E-state index in [2.05, 4.69) is 25.6 Å². The van der Waals surface area contributed by atoms with Gasteiger partial charge in [0.05, 0.1) is 13.2 Å². The first-order chi connectivity index (χ1) is 10.3. The molecule has 2 aromatic heterocycles. The summed E-state index contributed by atoms with van der Waals surface area (Å²) in [5, 5.41) is 13.7. The van der Waals surface area contributed by atoms with Gasteiger partial charge in [0.1, 0.15) is 11.8 Å². The Balaban J connectivity index is 1.78. The standard InChI is InChI=1S/C13H16N6O2/c1-2-9-4-3-5-14-11(9)13(20)19-6-7-21-10(8-19)12-15-17-18-16-12/h3-5,10H,2,6-8H2,1H3,(H,15,16,17,18). The van der Waals surface area contributed by atoms with Gasteiger partial charge in [0, 0.05) is 12.7 Å². The van der Waals surface area contributed by atoms with Gasteiger partial charge in [-0.05, 0) is 18.1 Å². The maximum absolute atomic E-state index is 12.6. The number of aromatic nitrogens is 5. The van der Waals surface area contributed by atoms with Gasteiger partial charge >= 0.3 is 0 Å². The quantitative estimate of drug-likeness (QED) is 0.876. The Morgan fingerprint density at radius 2 is 2.48 bits per heavy atom. The number of carbonyl (C=O) groups excluding carboxylic acids is 1. The van der Waals surface area contributed by atoms with E-state index in [4.69, 9.17) is 4.74 Å². The van der Waals surface area contributed by atoms with E-state index in [-0.39, 0.29) is 12.0 Å². The molecule has 1 N–H and O–H groups in total. The fourth-order valence-electron chi connectivity index (χ4n) is 2.36. The van der Waals surface area contributed by atoms with Gasteiger partial charge in [0.15, 0.2) is 0 Å². The third kappa shape index (κ3) is 2.75. The molecule has 3 heterocycles. The number of nitrogens with one attached hydrogen (secondary N) is 1. The number of ether oxygens (including phenoxy) is 1. The predicted octanol–water partition coefficient (Wildman–Crippen LogP) is 0.371. The molecule has 1 unspecified atom stereocenters. The summed E-state index contributed by atoms with van der Waals surface area (Å²) in [6, 6.07) is 3.77. The average molecular weight is 288 g/mol. The first kappa shape index (κ1) is 13.6. The number of tetrazole rings is 1. The molecule has 110 valence electrons. The highest BCUT2D eigenvalue weighted by Crippen LogP contribution is 2.20. The zero-order valence-corrected chi connectivity index (χ0v) is 11.7. The van der Waals surface area contributed by atoms with Crippen molar-refractivity contribution in [3.05, 3.63) is 35.4 Å². The molecule has 0 saturated carbocycles. The summed E-state index contributed by atoms with van der Waals surface area (Å²) in [5.74, 6) is 0.383. The molecule has 0 spiro atoms. The molecule has 1 amide bonds. The molecule has 1 atom stereocenters. The summed E-state index contributed by atoms with van der Waals surface area (Å²) in [7, 11) is 0. The number of nitrogens with zero attached hydrogens (tertiary/aromatic N) is 5. The van der Waals surface area contributed by atoms with Crippen molar-refractivity contribution < 1.29 is 9.53 Å². The van der Waals surface area contributed by atoms with Crippen LogP contribution in [-0.2, 0) is 11.2 Å². The van der Waals surface area contributed by atoms with Gasteiger partial charge in [-0.1, -0.05) is 18.2 Å². The van der Waals surface area contributed by atoms with Crippen LogP contribution in [0.4, 0.5) is 0 Å². The zero-order chi connectivity index (χ0) is 14.7. The van der Waals surface area contributed by atoms with Crippen LogP contribution in [0.2, 0.25) is 0 Å². The van der Waals surface area contributed by atoms with E-state index in [0.29, 0.717) is 31.2 Å². The van der Waals surface area contributed by atoms with Crippen LogP contribution in [0.25, 0.3) is 0 Å². The van der Waals surface area contributed by atoms with E-state index >= 15 is 0 Å². The van der Waals surface area contributed by atoms with Crippen molar-refractivity contribution >= 4 is 5.91 Å². The second-order valence-electron chi connectivity index (χ2n) is 4.75. The van der Waals surface area contributed by atoms with Crippen molar-refractivity contribution in [2.45, 2.75) is 19.4 Å². The molecule has 0 aliphatic carbocycles. The molecule has 1 fully saturated rings. The second kappa shape index (κ2) is 5.96. The minimum atomic E-state index is -0.352. The SMILES string of the molecule is CCc1cccnc1C(=O)N1CCOC(c2nn[nH]n2)C1. The minimum Gasteiger partial charge on any atom is -0.366 e. The fourth-order valence-corrected chi connectivity index (χ4v) is 2.36. The third-order valence-corrected chi connectivity index (χ3v) is 3.48. The van der Waals surface area contributed by atoms with Crippen molar-refractivity contribution in [2.75, 3.05) is 19.7 Å². The lowest BCUT2D eigenvalue weighted by Gasteiger charge is -2.31. The molecule has 8 nitrogen and oxygen atoms in total. The van der Waals surface area contributed by atoms with E-state index in [1.54, 1.807) is 11.1 Å². The molecule has 0 radical (unpaired) electrons. The van der Waals surface area contributed by atoms with Crippen LogP contribution in [0, 0.1) is 0 Å². The second-order valence-corrected chi connectivity index (χ2v) is 4.75. The van der Waals surface area contributed by atoms with Crippen LogP contribution in [-0.4, -0.2) is 56.1 Å². The smallest absolute Gasteiger partial charge is 0.272 e. The minimum absolute atomic E-state index is 0.0794. The first-order valence-corrected chi connectivity index (χ1v) is 6.87. The van der Waals surface area contributed by atoms with Gasteiger partial charge in [0.25, 0.3) is 5.91 Å². The van der Waals surface area contributed by atoms with Crippen LogP contribution in [0.15, 0.2) is 18.3 Å². The van der Waals surface area contributed by atoms with Crippen molar-refractivity contribution in [1.82, 2.24) is 30.5 Å². The molecule has 1 saturated heterocycles. The molecule has 2 aromatic rings. The number of amides is 1. The number of aryl methyl sites for hydroxylation is 1. The lowest BCUT2D eigenvalue weighted by Crippen LogP contribution is -2.43. The van der Waals surface area contributed by atoms with Gasteiger partial charge in [-0.2, -0.15) is 5.21 Å². The van der Waals surface area contributed by atoms with Crippen molar-refractivity contribution in [3.8, 4) is 0 Å². The van der Waals surface area contributed by atoms with E-state index < -0.39 is 0 Å². The lowest BCUT2D eigenvalue weighted by molar-refractivity contribution is -0.0270. The summed E-state index contributed by atoms with van der Waals surface area (Å²) < 4.78 is 5.60. The average Bonchev–Trinajstić information content (AvgIpc) is 3.09. The highest BCUT2D eigenvalue weighted by Gasteiger charge is 2.29. The Labute approximate surface area is 121 Å². The van der Waals surface area contributed by atoms with E-state index in [9.17, 15) is 4.79 Å². The number of rotatable bonds is 3. The Hall–Kier alpha value is -2.35. The van der Waals surface area contributed by atoms with Gasteiger partial charge in [-0.25, -0.2) is 0 Å². The van der Waals surface area contributed by atoms with Gasteiger partial charge < -0.3 is 9.64 Å². The Kier molecular flexibility index (Phi) is 3.87. The molecule has 1 aliphatic heterocycles. The summed E-state index contributed by atoms with van der Waals surface area (Å²) in [5.41, 5.74) is 1.46. The Morgan fingerprint density at radius 3 is 3.24 bits per heavy atom. The van der Waals surface area contributed by atoms with Gasteiger partial charge in [0.2, 0.25) is 5.82 Å². The first-order valence-electron chi connectivity index (χ1n) is 6.87. The van der Waals surface area contributed by atoms with E-state index in [0.717, 1.165) is 12.0 Å². The Morgan fingerprint density at radius 1 is 1.57 bits per heavy atom. The number of morpholine rings is 1. The largest absolute Gasteiger partial charge is 0.366 e. The topological polar surface area (TPSA) is 96.9 Å². The lowest BCUT2D eigenvalue weighted by atomic mass is 10.1. The summed E-state index contributed by atoms with van der Waals surface area (Å²) in [6.45, 7) is 3.39. The fraction of sp³-hybridized carbons (Fsp3) is 0.462. The highest BCUT2D eigenvalue weighted by molar-refractivity contribution is 5.93. The maximum atomic E-state index is 12.6. The summed E-state index contributed by atoms with van der Waals surface area (Å²) in [4.78, 5) is 18.6. The van der Waals surface area contributed by atoms with Crippen molar-refractivity contribution in [3.63, 3.8) is 0 Å². The molecule has 1 aliphatic rings. The van der Waals surface area contributed by atoms with Crippen molar-refractivity contribution in [2.24, 2.45) is 0 Å². The number of pyridine rings is 1. The number of carbonyl (C=O) groups is 1. The van der Waals surface area contributed by atoms with Crippen LogP contribution in [0.3, 0.4) is 0 Å². The molecule has 0 aromatic carbocycles. The van der Waals surface area contributed by atoms with E-state index in [1.807, 2.05) is 19.1 Å². The molecule has 0 bridgehead atoms. The normalized spacial score (nSPS) is 18.7. The highest BCUT2D eigenvalue weighted by atomic mass is 16.5. The number of H-pyrrole nitrogens is 1. The molecular weight excluding hydrogens is 272 g/mol. The van der Waals surface area contributed by atoms with Crippen LogP contribution in [0.1, 0.15) is 34.9 Å². The van der Waals surface area contributed by atoms with Crippen LogP contribution >= 0.6 is 0 Å². The number of hydrogen-bond donors (Lipinski definition) is 1. The van der Waals surface area contributed by atoms with Crippen LogP contribution in [0.5, 0.6) is 0 Å². The van der Waals surface area contributed by atoms with Crippen LogP contribution < -0.4 is 0 Å². The zero-order valence-electron chi connectivity index (χ0n) is 11.7. The van der Waals surface area contributed by atoms with Gasteiger partial charge in [-0.15, -0.1) is 10.2 Å². The summed E-state index contributed by atoms with van der Waals surface area (Å²) >= 11 is 0. The third-order valence-electron chi connectivity index (χ3n) is 3.48. The maximum Gasteiger partial charge on any atom is 0.272 e. The number of aromatic amines is 1. The monoisotopic (exact) mass is 288 g/mol. The predicted molar refractivity (Wildman–Crippen MR) is 72.4 cm³/mol. The Bertz CT molecular complexity index is 615. The van der Waals surface area contributed by atoms with Crippen molar-refractivity contribution in [1.29, 1.82) is 0 Å².